The Hall–Kier alpha value is -3.61. The van der Waals surface area contributed by atoms with Crippen molar-refractivity contribution in [2.45, 2.75) is 45.6 Å². The summed E-state index contributed by atoms with van der Waals surface area (Å²) in [6.07, 6.45) is 1.59. The van der Waals surface area contributed by atoms with Crippen LogP contribution in [-0.2, 0) is 22.4 Å². The quantitative estimate of drug-likeness (QED) is 0.438. The maximum absolute atomic E-state index is 13.1. The summed E-state index contributed by atoms with van der Waals surface area (Å²) < 4.78 is 16.5. The summed E-state index contributed by atoms with van der Waals surface area (Å²) in [5.41, 5.74) is 2.35. The minimum absolute atomic E-state index is 0.156. The van der Waals surface area contributed by atoms with Crippen LogP contribution >= 0.6 is 0 Å². The lowest BCUT2D eigenvalue weighted by Crippen LogP contribution is -2.32. The number of carbonyl (C=O) groups excluding carboxylic acids is 2. The van der Waals surface area contributed by atoms with Crippen LogP contribution in [-0.4, -0.2) is 31.6 Å². The summed E-state index contributed by atoms with van der Waals surface area (Å²) >= 11 is 0. The number of fused-ring (bicyclic) bond motifs is 2. The summed E-state index contributed by atoms with van der Waals surface area (Å²) in [4.78, 5) is 39.4. The smallest absolute Gasteiger partial charge is 0.340 e. The highest BCUT2D eigenvalue weighted by atomic mass is 16.5. The van der Waals surface area contributed by atoms with Gasteiger partial charge in [0.2, 0.25) is 5.91 Å². The average Bonchev–Trinajstić information content (AvgIpc) is 2.79. The van der Waals surface area contributed by atoms with E-state index in [1.54, 1.807) is 37.4 Å². The van der Waals surface area contributed by atoms with Gasteiger partial charge in [-0.15, -0.1) is 0 Å². The molecule has 1 aromatic heterocycles. The molecule has 1 aliphatic rings. The zero-order valence-electron chi connectivity index (χ0n) is 19.5. The average molecular weight is 450 g/mol. The Morgan fingerprint density at radius 1 is 1.18 bits per heavy atom. The normalized spacial score (nSPS) is 14.3. The predicted molar refractivity (Wildman–Crippen MR) is 125 cm³/mol. The number of hydrogen-bond acceptors (Lipinski definition) is 6. The summed E-state index contributed by atoms with van der Waals surface area (Å²) in [7, 11) is 2.85. The Bertz CT molecular complexity index is 1320. The van der Waals surface area contributed by atoms with E-state index in [9.17, 15) is 14.4 Å². The molecular weight excluding hydrogens is 422 g/mol. The predicted octanol–water partition coefficient (Wildman–Crippen LogP) is 4.20. The molecule has 2 heterocycles. The molecule has 1 aliphatic heterocycles. The van der Waals surface area contributed by atoms with Crippen LogP contribution < -0.4 is 15.3 Å². The number of methoxy groups -OCH3 is 1. The van der Waals surface area contributed by atoms with Gasteiger partial charge >= 0.3 is 11.6 Å². The van der Waals surface area contributed by atoms with Crippen molar-refractivity contribution in [2.75, 3.05) is 19.1 Å². The molecule has 0 unspecified atom stereocenters. The van der Waals surface area contributed by atoms with Crippen LogP contribution in [0.3, 0.4) is 0 Å². The fourth-order valence-corrected chi connectivity index (χ4v) is 4.19. The topological polar surface area (TPSA) is 86.0 Å². The first-order chi connectivity index (χ1) is 15.6. The van der Waals surface area contributed by atoms with Gasteiger partial charge in [-0.1, -0.05) is 12.1 Å². The summed E-state index contributed by atoms with van der Waals surface area (Å²) in [5.74, 6) is -0.157. The molecule has 3 aromatic rings. The Morgan fingerprint density at radius 2 is 1.91 bits per heavy atom. The Labute approximate surface area is 191 Å². The number of aryl methyl sites for hydroxylation is 2. The van der Waals surface area contributed by atoms with E-state index in [0.717, 1.165) is 29.5 Å². The van der Waals surface area contributed by atoms with Gasteiger partial charge in [-0.3, -0.25) is 4.79 Å². The molecule has 0 saturated heterocycles. The highest BCUT2D eigenvalue weighted by molar-refractivity contribution is 6.03. The Kier molecular flexibility index (Phi) is 5.74. The number of anilines is 1. The zero-order valence-corrected chi connectivity index (χ0v) is 19.5. The van der Waals surface area contributed by atoms with Gasteiger partial charge in [0.25, 0.3) is 0 Å². The van der Waals surface area contributed by atoms with Gasteiger partial charge in [-0.25, -0.2) is 9.59 Å². The first-order valence-corrected chi connectivity index (χ1v) is 10.8. The van der Waals surface area contributed by atoms with Crippen molar-refractivity contribution in [3.05, 3.63) is 69.1 Å². The lowest BCUT2D eigenvalue weighted by atomic mass is 9.92. The van der Waals surface area contributed by atoms with E-state index >= 15 is 0 Å². The molecule has 2 aromatic carbocycles. The molecule has 0 spiro atoms. The van der Waals surface area contributed by atoms with E-state index in [-0.39, 0.29) is 23.5 Å². The van der Waals surface area contributed by atoms with Crippen molar-refractivity contribution < 1.29 is 23.5 Å². The number of nitrogens with zero attached hydrogens (tertiary/aromatic N) is 1. The molecule has 0 atom stereocenters. The summed E-state index contributed by atoms with van der Waals surface area (Å²) in [6, 6.07) is 10.4. The van der Waals surface area contributed by atoms with Crippen LogP contribution in [0, 0.1) is 6.92 Å². The molecule has 0 aliphatic carbocycles. The second-order valence-electron chi connectivity index (χ2n) is 8.95. The first-order valence-electron chi connectivity index (χ1n) is 10.8. The number of amides is 1. The van der Waals surface area contributed by atoms with Crippen molar-refractivity contribution in [3.63, 3.8) is 0 Å². The molecule has 0 saturated carbocycles. The van der Waals surface area contributed by atoms with Crippen LogP contribution in [0.1, 0.15) is 47.3 Å². The molecule has 0 N–H and O–H groups in total. The van der Waals surface area contributed by atoms with Crippen molar-refractivity contribution in [1.82, 2.24) is 0 Å². The number of rotatable bonds is 4. The number of benzene rings is 2. The van der Waals surface area contributed by atoms with Crippen LogP contribution in [0.25, 0.3) is 11.0 Å². The maximum atomic E-state index is 13.1. The largest absolute Gasteiger partial charge is 0.487 e. The lowest BCUT2D eigenvalue weighted by molar-refractivity contribution is -0.117. The Morgan fingerprint density at radius 3 is 2.64 bits per heavy atom. The minimum Gasteiger partial charge on any atom is -0.487 e. The third-order valence-corrected chi connectivity index (χ3v) is 6.22. The van der Waals surface area contributed by atoms with Gasteiger partial charge in [0.15, 0.2) is 0 Å². The molecule has 0 radical (unpaired) electrons. The van der Waals surface area contributed by atoms with Gasteiger partial charge in [0, 0.05) is 18.5 Å². The first kappa shape index (κ1) is 22.6. The number of ether oxygens (including phenoxy) is 2. The van der Waals surface area contributed by atoms with Crippen molar-refractivity contribution in [2.24, 2.45) is 0 Å². The molecule has 0 fully saturated rings. The fourth-order valence-electron chi connectivity index (χ4n) is 4.19. The standard InChI is InChI=1S/C26H27NO6/c1-15-18-12-16-10-11-26(2,3)33-21(16)14-22(18)32-25(30)19(15)13-23(28)27(4)20-9-7-6-8-17(20)24(29)31-5/h6-9,12,14H,10-11,13H2,1-5H3. The molecular formula is C26H27NO6. The molecule has 7 heteroatoms. The fraction of sp³-hybridized carbons (Fsp3) is 0.346. The number of hydrogen-bond donors (Lipinski definition) is 0. The second kappa shape index (κ2) is 8.39. The van der Waals surface area contributed by atoms with E-state index in [4.69, 9.17) is 13.9 Å². The van der Waals surface area contributed by atoms with Crippen molar-refractivity contribution >= 4 is 28.5 Å². The number of para-hydroxylation sites is 1. The van der Waals surface area contributed by atoms with Crippen LogP contribution in [0.4, 0.5) is 5.69 Å². The van der Waals surface area contributed by atoms with Gasteiger partial charge in [-0.05, 0) is 62.9 Å². The van der Waals surface area contributed by atoms with Crippen molar-refractivity contribution in [1.29, 1.82) is 0 Å². The minimum atomic E-state index is -0.557. The highest BCUT2D eigenvalue weighted by Gasteiger charge is 2.28. The van der Waals surface area contributed by atoms with E-state index in [0.29, 0.717) is 22.4 Å². The van der Waals surface area contributed by atoms with E-state index in [1.807, 2.05) is 26.8 Å². The molecule has 4 rings (SSSR count). The van der Waals surface area contributed by atoms with Crippen LogP contribution in [0.2, 0.25) is 0 Å². The van der Waals surface area contributed by atoms with E-state index < -0.39 is 11.6 Å². The SMILES string of the molecule is COC(=O)c1ccccc1N(C)C(=O)Cc1c(C)c2cc3c(cc2oc1=O)OC(C)(C)CC3. The molecule has 33 heavy (non-hydrogen) atoms. The second-order valence-corrected chi connectivity index (χ2v) is 8.95. The maximum Gasteiger partial charge on any atom is 0.340 e. The monoisotopic (exact) mass is 449 g/mol. The van der Waals surface area contributed by atoms with Crippen LogP contribution in [0.15, 0.2) is 45.6 Å². The lowest BCUT2D eigenvalue weighted by Gasteiger charge is -2.32. The van der Waals surface area contributed by atoms with E-state index in [1.165, 1.54) is 12.0 Å². The summed E-state index contributed by atoms with van der Waals surface area (Å²) in [6.45, 7) is 5.89. The van der Waals surface area contributed by atoms with Gasteiger partial charge < -0.3 is 18.8 Å². The van der Waals surface area contributed by atoms with Crippen LogP contribution in [0.5, 0.6) is 5.75 Å². The highest BCUT2D eigenvalue weighted by Crippen LogP contribution is 2.36. The molecule has 7 nitrogen and oxygen atoms in total. The number of carbonyl (C=O) groups is 2. The van der Waals surface area contributed by atoms with Gasteiger partial charge in [-0.2, -0.15) is 0 Å². The third kappa shape index (κ3) is 4.23. The van der Waals surface area contributed by atoms with Gasteiger partial charge in [0.05, 0.1) is 30.3 Å². The van der Waals surface area contributed by atoms with E-state index in [2.05, 4.69) is 0 Å². The van der Waals surface area contributed by atoms with Crippen molar-refractivity contribution in [3.8, 4) is 5.75 Å². The summed E-state index contributed by atoms with van der Waals surface area (Å²) in [5, 5.41) is 0.789. The Balaban J connectivity index is 1.69. The van der Waals surface area contributed by atoms with Gasteiger partial charge in [0.1, 0.15) is 16.9 Å². The number of likely N-dealkylation sites (N-methyl/N-ethyl adjacent to an activating group) is 1. The molecule has 172 valence electrons. The third-order valence-electron chi connectivity index (χ3n) is 6.22. The molecule has 1 amide bonds. The molecule has 0 bridgehead atoms. The zero-order chi connectivity index (χ0) is 23.9. The number of esters is 1.